The summed E-state index contributed by atoms with van der Waals surface area (Å²) in [5, 5.41) is 10.2. The van der Waals surface area contributed by atoms with E-state index in [1.807, 2.05) is 6.07 Å². The highest BCUT2D eigenvalue weighted by Gasteiger charge is 2.34. The highest BCUT2D eigenvalue weighted by atomic mass is 35.5. The highest BCUT2D eigenvalue weighted by molar-refractivity contribution is 7.97. The Hall–Kier alpha value is -2.07. The first-order valence-electron chi connectivity index (χ1n) is 9.54. The van der Waals surface area contributed by atoms with Crippen LogP contribution in [0.2, 0.25) is 5.02 Å². The highest BCUT2D eigenvalue weighted by Crippen LogP contribution is 2.36. The van der Waals surface area contributed by atoms with Gasteiger partial charge in [0.1, 0.15) is 11.6 Å². The number of piperidine rings is 1. The van der Waals surface area contributed by atoms with Crippen molar-refractivity contribution >= 4 is 23.5 Å². The molecule has 1 aliphatic heterocycles. The summed E-state index contributed by atoms with van der Waals surface area (Å²) in [5.41, 5.74) is -0.0797. The predicted molar refractivity (Wildman–Crippen MR) is 112 cm³/mol. The molecule has 1 fully saturated rings. The Morgan fingerprint density at radius 1 is 1.10 bits per heavy atom. The van der Waals surface area contributed by atoms with Crippen LogP contribution in [0.25, 0.3) is 22.6 Å². The molecule has 10 heteroatoms. The average molecular weight is 472 g/mol. The minimum Gasteiger partial charge on any atom is -0.393 e. The number of nitrogens with zero attached hydrogens (tertiary/aromatic N) is 2. The van der Waals surface area contributed by atoms with Crippen LogP contribution in [0.3, 0.4) is 0 Å². The summed E-state index contributed by atoms with van der Waals surface area (Å²) in [5.74, 6) is -0.860. The van der Waals surface area contributed by atoms with Crippen molar-refractivity contribution in [2.24, 2.45) is 0 Å². The van der Waals surface area contributed by atoms with Gasteiger partial charge in [-0.05, 0) is 61.2 Å². The number of aliphatic hydroxyl groups excluding tert-OH is 1. The van der Waals surface area contributed by atoms with E-state index in [0.29, 0.717) is 34.9 Å². The van der Waals surface area contributed by atoms with E-state index in [1.54, 1.807) is 12.1 Å². The van der Waals surface area contributed by atoms with E-state index in [9.17, 15) is 22.7 Å². The SMILES string of the molecule is OC1CCN(Sc2cc(-c3ncc(-c4ccc(F)c(C(F)(F)F)c4)[nH]3)ccc2Cl)CC1. The predicted octanol–water partition coefficient (Wildman–Crippen LogP) is 6.02. The first-order chi connectivity index (χ1) is 14.7. The van der Waals surface area contributed by atoms with E-state index in [0.717, 1.165) is 30.1 Å². The fraction of sp³-hybridized carbons (Fsp3) is 0.286. The number of rotatable bonds is 4. The molecule has 0 amide bonds. The Labute approximate surface area is 185 Å². The molecule has 2 aromatic carbocycles. The lowest BCUT2D eigenvalue weighted by Crippen LogP contribution is -2.31. The van der Waals surface area contributed by atoms with E-state index < -0.39 is 17.6 Å². The van der Waals surface area contributed by atoms with Crippen LogP contribution in [-0.2, 0) is 6.18 Å². The van der Waals surface area contributed by atoms with Gasteiger partial charge in [-0.15, -0.1) is 0 Å². The summed E-state index contributed by atoms with van der Waals surface area (Å²) in [7, 11) is 0. The Balaban J connectivity index is 1.58. The van der Waals surface area contributed by atoms with Gasteiger partial charge in [-0.3, -0.25) is 0 Å². The zero-order chi connectivity index (χ0) is 22.2. The standard InChI is InChI=1S/C21H18ClF4N3OS/c22-16-3-1-13(10-19(16)31-29-7-5-14(30)6-8-29)20-27-11-18(28-20)12-2-4-17(23)15(9-12)21(24,25)26/h1-4,9-11,14,30H,5-8H2,(H,27,28). The lowest BCUT2D eigenvalue weighted by molar-refractivity contribution is -0.139. The Bertz CT molecular complexity index is 1080. The van der Waals surface area contributed by atoms with Gasteiger partial charge in [0, 0.05) is 29.1 Å². The zero-order valence-electron chi connectivity index (χ0n) is 16.1. The van der Waals surface area contributed by atoms with Crippen LogP contribution in [0, 0.1) is 5.82 Å². The molecule has 1 aromatic heterocycles. The van der Waals surface area contributed by atoms with Crippen LogP contribution in [0.4, 0.5) is 17.6 Å². The minimum absolute atomic E-state index is 0.183. The van der Waals surface area contributed by atoms with Crippen LogP contribution in [0.5, 0.6) is 0 Å². The van der Waals surface area contributed by atoms with Crippen LogP contribution < -0.4 is 0 Å². The second kappa shape index (κ2) is 8.82. The first-order valence-corrected chi connectivity index (χ1v) is 10.7. The van der Waals surface area contributed by atoms with Gasteiger partial charge in [-0.25, -0.2) is 13.7 Å². The maximum Gasteiger partial charge on any atom is 0.419 e. The second-order valence-electron chi connectivity index (χ2n) is 7.23. The summed E-state index contributed by atoms with van der Waals surface area (Å²) in [6.07, 6.45) is -2.25. The van der Waals surface area contributed by atoms with Gasteiger partial charge in [0.15, 0.2) is 0 Å². The molecular formula is C21H18ClF4N3OS. The van der Waals surface area contributed by atoms with Crippen molar-refractivity contribution < 1.29 is 22.7 Å². The third-order valence-corrected chi connectivity index (χ3v) is 6.61. The zero-order valence-corrected chi connectivity index (χ0v) is 17.7. The van der Waals surface area contributed by atoms with Crippen molar-refractivity contribution in [2.45, 2.75) is 30.0 Å². The number of benzene rings is 2. The Kier molecular flexibility index (Phi) is 6.30. The number of halogens is 5. The summed E-state index contributed by atoms with van der Waals surface area (Å²) in [6.45, 7) is 1.48. The molecular weight excluding hydrogens is 454 g/mol. The van der Waals surface area contributed by atoms with Gasteiger partial charge in [0.05, 0.1) is 28.6 Å². The van der Waals surface area contributed by atoms with Crippen molar-refractivity contribution in [3.05, 3.63) is 59.0 Å². The number of aliphatic hydroxyl groups is 1. The van der Waals surface area contributed by atoms with E-state index in [2.05, 4.69) is 14.3 Å². The molecule has 3 aromatic rings. The van der Waals surface area contributed by atoms with E-state index >= 15 is 0 Å². The molecule has 1 saturated heterocycles. The number of H-pyrrole nitrogens is 1. The van der Waals surface area contributed by atoms with Crippen LogP contribution in [-0.4, -0.2) is 38.6 Å². The molecule has 31 heavy (non-hydrogen) atoms. The number of alkyl halides is 3. The van der Waals surface area contributed by atoms with Crippen LogP contribution >= 0.6 is 23.5 Å². The molecule has 0 bridgehead atoms. The lowest BCUT2D eigenvalue weighted by Gasteiger charge is -2.28. The second-order valence-corrected chi connectivity index (χ2v) is 8.78. The number of aromatic nitrogens is 2. The minimum atomic E-state index is -4.78. The summed E-state index contributed by atoms with van der Waals surface area (Å²) in [6, 6.07) is 8.19. The normalized spacial score (nSPS) is 16.1. The fourth-order valence-electron chi connectivity index (χ4n) is 3.32. The molecule has 0 atom stereocenters. The topological polar surface area (TPSA) is 52.1 Å². The van der Waals surface area contributed by atoms with E-state index in [4.69, 9.17) is 11.6 Å². The number of aromatic amines is 1. The Morgan fingerprint density at radius 3 is 2.52 bits per heavy atom. The van der Waals surface area contributed by atoms with Crippen molar-refractivity contribution in [3.63, 3.8) is 0 Å². The smallest absolute Gasteiger partial charge is 0.393 e. The molecule has 0 spiro atoms. The summed E-state index contributed by atoms with van der Waals surface area (Å²) >= 11 is 7.83. The van der Waals surface area contributed by atoms with Gasteiger partial charge < -0.3 is 10.1 Å². The molecule has 164 valence electrons. The van der Waals surface area contributed by atoms with E-state index in [1.165, 1.54) is 24.2 Å². The van der Waals surface area contributed by atoms with Gasteiger partial charge in [0.2, 0.25) is 0 Å². The molecule has 2 N–H and O–H groups in total. The number of nitrogens with one attached hydrogen (secondary N) is 1. The average Bonchev–Trinajstić information content (AvgIpc) is 3.21. The number of imidazole rings is 1. The van der Waals surface area contributed by atoms with Gasteiger partial charge >= 0.3 is 6.18 Å². The number of hydrogen-bond acceptors (Lipinski definition) is 4. The van der Waals surface area contributed by atoms with Gasteiger partial charge in [-0.2, -0.15) is 13.2 Å². The maximum absolute atomic E-state index is 13.6. The van der Waals surface area contributed by atoms with Gasteiger partial charge in [0.25, 0.3) is 0 Å². The van der Waals surface area contributed by atoms with Crippen molar-refractivity contribution in [3.8, 4) is 22.6 Å². The first kappa shape index (κ1) is 22.1. The van der Waals surface area contributed by atoms with Crippen LogP contribution in [0.15, 0.2) is 47.5 Å². The summed E-state index contributed by atoms with van der Waals surface area (Å²) in [4.78, 5) is 8.09. The fourth-order valence-corrected chi connectivity index (χ4v) is 4.55. The summed E-state index contributed by atoms with van der Waals surface area (Å²) < 4.78 is 54.7. The Morgan fingerprint density at radius 2 is 1.81 bits per heavy atom. The maximum atomic E-state index is 13.6. The van der Waals surface area contributed by atoms with Crippen molar-refractivity contribution in [2.75, 3.05) is 13.1 Å². The quantitative estimate of drug-likeness (QED) is 0.361. The van der Waals surface area contributed by atoms with Crippen LogP contribution in [0.1, 0.15) is 18.4 Å². The van der Waals surface area contributed by atoms with E-state index in [-0.39, 0.29) is 11.7 Å². The lowest BCUT2D eigenvalue weighted by atomic mass is 10.1. The molecule has 0 aliphatic carbocycles. The van der Waals surface area contributed by atoms with Crippen molar-refractivity contribution in [1.29, 1.82) is 0 Å². The molecule has 0 saturated carbocycles. The molecule has 0 unspecified atom stereocenters. The monoisotopic (exact) mass is 471 g/mol. The number of hydrogen-bond donors (Lipinski definition) is 2. The molecule has 2 heterocycles. The molecule has 0 radical (unpaired) electrons. The molecule has 4 rings (SSSR count). The molecule has 1 aliphatic rings. The third-order valence-electron chi connectivity index (χ3n) is 5.01. The van der Waals surface area contributed by atoms with Gasteiger partial charge in [-0.1, -0.05) is 11.6 Å². The molecule has 4 nitrogen and oxygen atoms in total. The third kappa shape index (κ3) is 5.06. The van der Waals surface area contributed by atoms with Crippen molar-refractivity contribution in [1.82, 2.24) is 14.3 Å². The largest absolute Gasteiger partial charge is 0.419 e.